The predicted octanol–water partition coefficient (Wildman–Crippen LogP) is 2.58. The first-order valence-corrected chi connectivity index (χ1v) is 9.86. The van der Waals surface area contributed by atoms with Gasteiger partial charge in [-0.2, -0.15) is 4.31 Å². The van der Waals surface area contributed by atoms with E-state index in [0.717, 1.165) is 17.7 Å². The standard InChI is InChI=1S/C15H24N2O3S2/c1-10(2)11(3)17(13-5-6-13)22(19,20)15-8-7-14(21-15)9-16-12(4)18/h7-8,10-11,13H,5-6,9H2,1-4H3,(H,16,18)/t11-/m0/s1. The summed E-state index contributed by atoms with van der Waals surface area (Å²) in [5, 5.41) is 2.69. The van der Waals surface area contributed by atoms with Crippen LogP contribution in [0.4, 0.5) is 0 Å². The largest absolute Gasteiger partial charge is 0.351 e. The van der Waals surface area contributed by atoms with E-state index in [1.165, 1.54) is 18.3 Å². The number of hydrogen-bond donors (Lipinski definition) is 1. The molecule has 1 aliphatic carbocycles. The van der Waals surface area contributed by atoms with Crippen LogP contribution in [0.3, 0.4) is 0 Å². The molecule has 0 bridgehead atoms. The number of carbonyl (C=O) groups excluding carboxylic acids is 1. The summed E-state index contributed by atoms with van der Waals surface area (Å²) in [5.74, 6) is 0.153. The van der Waals surface area contributed by atoms with E-state index >= 15 is 0 Å². The van der Waals surface area contributed by atoms with Crippen molar-refractivity contribution in [1.29, 1.82) is 0 Å². The Hall–Kier alpha value is -0.920. The van der Waals surface area contributed by atoms with Gasteiger partial charge in [-0.25, -0.2) is 8.42 Å². The van der Waals surface area contributed by atoms with Crippen LogP contribution in [-0.4, -0.2) is 30.7 Å². The lowest BCUT2D eigenvalue weighted by atomic mass is 10.1. The summed E-state index contributed by atoms with van der Waals surface area (Å²) < 4.78 is 28.0. The van der Waals surface area contributed by atoms with E-state index in [9.17, 15) is 13.2 Å². The monoisotopic (exact) mass is 344 g/mol. The zero-order valence-corrected chi connectivity index (χ0v) is 15.1. The third-order valence-corrected chi connectivity index (χ3v) is 7.55. The van der Waals surface area contributed by atoms with Gasteiger partial charge in [-0.1, -0.05) is 13.8 Å². The Labute approximate surface area is 136 Å². The number of carbonyl (C=O) groups is 1. The maximum absolute atomic E-state index is 13.0. The van der Waals surface area contributed by atoms with Crippen LogP contribution in [0.2, 0.25) is 0 Å². The number of thiophene rings is 1. The molecule has 1 atom stereocenters. The molecule has 1 aromatic rings. The molecule has 0 saturated heterocycles. The smallest absolute Gasteiger partial charge is 0.253 e. The van der Waals surface area contributed by atoms with Gasteiger partial charge in [-0.15, -0.1) is 11.3 Å². The van der Waals surface area contributed by atoms with Crippen LogP contribution in [0.25, 0.3) is 0 Å². The van der Waals surface area contributed by atoms with Crippen LogP contribution in [0.5, 0.6) is 0 Å². The Morgan fingerprint density at radius 1 is 1.36 bits per heavy atom. The predicted molar refractivity (Wildman–Crippen MR) is 88.2 cm³/mol. The Kier molecular flexibility index (Phi) is 5.29. The second-order valence-electron chi connectivity index (χ2n) is 6.18. The average molecular weight is 345 g/mol. The maximum atomic E-state index is 13.0. The third kappa shape index (κ3) is 3.88. The van der Waals surface area contributed by atoms with Gasteiger partial charge >= 0.3 is 0 Å². The van der Waals surface area contributed by atoms with Crippen molar-refractivity contribution in [3.05, 3.63) is 17.0 Å². The molecule has 7 heteroatoms. The summed E-state index contributed by atoms with van der Waals surface area (Å²) in [4.78, 5) is 11.8. The molecular weight excluding hydrogens is 320 g/mol. The SMILES string of the molecule is CC(=O)NCc1ccc(S(=O)(=O)N(C2CC2)[C@@H](C)C(C)C)s1. The van der Waals surface area contributed by atoms with Crippen molar-refractivity contribution >= 4 is 27.3 Å². The van der Waals surface area contributed by atoms with Gasteiger partial charge in [-0.3, -0.25) is 4.79 Å². The van der Waals surface area contributed by atoms with Crippen LogP contribution in [0.15, 0.2) is 16.3 Å². The Morgan fingerprint density at radius 2 is 2.00 bits per heavy atom. The first-order chi connectivity index (χ1) is 10.2. The minimum atomic E-state index is -3.46. The van der Waals surface area contributed by atoms with Crippen molar-refractivity contribution < 1.29 is 13.2 Å². The summed E-state index contributed by atoms with van der Waals surface area (Å²) >= 11 is 1.24. The molecular formula is C15H24N2O3S2. The molecule has 0 spiro atoms. The number of hydrogen-bond acceptors (Lipinski definition) is 4. The Balaban J connectivity index is 2.22. The van der Waals surface area contributed by atoms with Crippen molar-refractivity contribution in [2.24, 2.45) is 5.92 Å². The van der Waals surface area contributed by atoms with Crippen molar-refractivity contribution in [3.63, 3.8) is 0 Å². The molecule has 124 valence electrons. The number of amides is 1. The van der Waals surface area contributed by atoms with Gasteiger partial charge in [-0.05, 0) is 37.8 Å². The zero-order chi connectivity index (χ0) is 16.5. The van der Waals surface area contributed by atoms with E-state index in [-0.39, 0.29) is 23.9 Å². The second kappa shape index (κ2) is 6.68. The van der Waals surface area contributed by atoms with Crippen molar-refractivity contribution in [2.75, 3.05) is 0 Å². The fourth-order valence-corrected chi connectivity index (χ4v) is 5.69. The van der Waals surface area contributed by atoms with E-state index < -0.39 is 10.0 Å². The van der Waals surface area contributed by atoms with Gasteiger partial charge in [0.1, 0.15) is 4.21 Å². The first kappa shape index (κ1) is 17.4. The molecule has 1 fully saturated rings. The second-order valence-corrected chi connectivity index (χ2v) is 9.42. The molecule has 1 aromatic heterocycles. The highest BCUT2D eigenvalue weighted by Crippen LogP contribution is 2.37. The van der Waals surface area contributed by atoms with Gasteiger partial charge in [0.15, 0.2) is 0 Å². The van der Waals surface area contributed by atoms with Gasteiger partial charge in [0, 0.05) is 23.9 Å². The summed E-state index contributed by atoms with van der Waals surface area (Å²) in [6.45, 7) is 7.90. The van der Waals surface area contributed by atoms with Crippen LogP contribution in [-0.2, 0) is 21.4 Å². The quantitative estimate of drug-likeness (QED) is 0.827. The van der Waals surface area contributed by atoms with Gasteiger partial charge in [0.2, 0.25) is 5.91 Å². The normalized spacial score (nSPS) is 17.0. The Morgan fingerprint density at radius 3 is 2.50 bits per heavy atom. The van der Waals surface area contributed by atoms with Gasteiger partial charge < -0.3 is 5.32 Å². The highest BCUT2D eigenvalue weighted by atomic mass is 32.2. The molecule has 1 saturated carbocycles. The molecule has 22 heavy (non-hydrogen) atoms. The first-order valence-electron chi connectivity index (χ1n) is 7.60. The lowest BCUT2D eigenvalue weighted by Crippen LogP contribution is -2.42. The highest BCUT2D eigenvalue weighted by molar-refractivity contribution is 7.91. The molecule has 0 unspecified atom stereocenters. The Bertz CT molecular complexity index is 633. The molecule has 1 N–H and O–H groups in total. The maximum Gasteiger partial charge on any atom is 0.253 e. The number of rotatable bonds is 7. The van der Waals surface area contributed by atoms with E-state index in [2.05, 4.69) is 5.32 Å². The highest BCUT2D eigenvalue weighted by Gasteiger charge is 2.42. The lowest BCUT2D eigenvalue weighted by molar-refractivity contribution is -0.119. The topological polar surface area (TPSA) is 66.5 Å². The number of sulfonamides is 1. The fraction of sp³-hybridized carbons (Fsp3) is 0.667. The van der Waals surface area contributed by atoms with E-state index in [0.29, 0.717) is 10.8 Å². The van der Waals surface area contributed by atoms with E-state index in [1.807, 2.05) is 20.8 Å². The zero-order valence-electron chi connectivity index (χ0n) is 13.5. The van der Waals surface area contributed by atoms with Gasteiger partial charge in [0.05, 0.1) is 6.54 Å². The van der Waals surface area contributed by atoms with Gasteiger partial charge in [0.25, 0.3) is 10.0 Å². The average Bonchev–Trinajstić information content (AvgIpc) is 3.12. The lowest BCUT2D eigenvalue weighted by Gasteiger charge is -2.30. The molecule has 1 heterocycles. The summed E-state index contributed by atoms with van der Waals surface area (Å²) in [7, 11) is -3.46. The summed E-state index contributed by atoms with van der Waals surface area (Å²) in [6.07, 6.45) is 1.89. The molecule has 1 aliphatic rings. The molecule has 0 aromatic carbocycles. The molecule has 0 radical (unpaired) electrons. The van der Waals surface area contributed by atoms with Crippen molar-refractivity contribution in [1.82, 2.24) is 9.62 Å². The fourth-order valence-electron chi connectivity index (χ4n) is 2.28. The van der Waals surface area contributed by atoms with Crippen molar-refractivity contribution in [2.45, 2.75) is 63.4 Å². The van der Waals surface area contributed by atoms with Crippen LogP contribution >= 0.6 is 11.3 Å². The summed E-state index contributed by atoms with van der Waals surface area (Å²) in [5.41, 5.74) is 0. The molecule has 2 rings (SSSR count). The number of nitrogens with zero attached hydrogens (tertiary/aromatic N) is 1. The van der Waals surface area contributed by atoms with Crippen molar-refractivity contribution in [3.8, 4) is 0 Å². The molecule has 5 nitrogen and oxygen atoms in total. The number of nitrogens with one attached hydrogen (secondary N) is 1. The molecule has 0 aliphatic heterocycles. The van der Waals surface area contributed by atoms with Crippen LogP contribution in [0, 0.1) is 5.92 Å². The van der Waals surface area contributed by atoms with Crippen LogP contribution < -0.4 is 5.32 Å². The summed E-state index contributed by atoms with van der Waals surface area (Å²) in [6, 6.07) is 3.56. The molecule has 1 amide bonds. The van der Waals surface area contributed by atoms with Crippen LogP contribution in [0.1, 0.15) is 45.4 Å². The minimum absolute atomic E-state index is 0.0154. The van der Waals surface area contributed by atoms with E-state index in [4.69, 9.17) is 0 Å². The minimum Gasteiger partial charge on any atom is -0.351 e. The van der Waals surface area contributed by atoms with E-state index in [1.54, 1.807) is 16.4 Å². The third-order valence-electron chi connectivity index (χ3n) is 3.95.